The van der Waals surface area contributed by atoms with E-state index in [0.717, 1.165) is 5.56 Å². The summed E-state index contributed by atoms with van der Waals surface area (Å²) in [5, 5.41) is 15.0. The lowest BCUT2D eigenvalue weighted by Gasteiger charge is -2.37. The van der Waals surface area contributed by atoms with E-state index in [1.54, 1.807) is 6.08 Å². The van der Waals surface area contributed by atoms with E-state index in [0.29, 0.717) is 23.7 Å². The fraction of sp³-hybridized carbons (Fsp3) is 0.312. The van der Waals surface area contributed by atoms with Crippen molar-refractivity contribution >= 4 is 28.3 Å². The zero-order valence-electron chi connectivity index (χ0n) is 13.6. The van der Waals surface area contributed by atoms with Crippen molar-refractivity contribution in [2.75, 3.05) is 13.1 Å². The van der Waals surface area contributed by atoms with Crippen LogP contribution < -0.4 is 5.32 Å². The number of hydrazine groups is 1. The van der Waals surface area contributed by atoms with Crippen molar-refractivity contribution in [3.63, 3.8) is 0 Å². The first-order valence-electron chi connectivity index (χ1n) is 7.77. The number of carboxylic acid groups (broad SMARTS) is 1. The molecule has 2 aliphatic rings. The van der Waals surface area contributed by atoms with Crippen molar-refractivity contribution in [3.8, 4) is 0 Å². The summed E-state index contributed by atoms with van der Waals surface area (Å²) >= 11 is 6.05. The minimum absolute atomic E-state index is 0.0470. The lowest BCUT2D eigenvalue weighted by Crippen LogP contribution is -2.45. The molecule has 2 heterocycles. The van der Waals surface area contributed by atoms with Gasteiger partial charge in [0.2, 0.25) is 0 Å². The molecule has 1 amide bonds. The van der Waals surface area contributed by atoms with E-state index in [2.05, 4.69) is 5.32 Å². The molecule has 0 spiro atoms. The average molecular weight is 386 g/mol. The summed E-state index contributed by atoms with van der Waals surface area (Å²) in [4.78, 5) is 11.2. The fourth-order valence-corrected chi connectivity index (χ4v) is 5.06. The Morgan fingerprint density at radius 2 is 2.00 bits per heavy atom. The predicted molar refractivity (Wildman–Crippen MR) is 98.0 cm³/mol. The molecule has 1 aromatic carbocycles. The van der Waals surface area contributed by atoms with Gasteiger partial charge in [0, 0.05) is 13.1 Å². The van der Waals surface area contributed by atoms with Crippen LogP contribution in [0, 0.1) is 0 Å². The van der Waals surface area contributed by atoms with Gasteiger partial charge in [-0.15, -0.1) is 10.6 Å². The third kappa shape index (κ3) is 3.36. The first-order valence-corrected chi connectivity index (χ1v) is 9.69. The van der Waals surface area contributed by atoms with Crippen LogP contribution in [0.25, 0.3) is 0 Å². The molecule has 7 nitrogen and oxygen atoms in total. The molecule has 4 N–H and O–H groups in total. The van der Waals surface area contributed by atoms with Gasteiger partial charge in [-0.1, -0.05) is 41.9 Å². The van der Waals surface area contributed by atoms with Crippen LogP contribution in [0.5, 0.6) is 0 Å². The summed E-state index contributed by atoms with van der Waals surface area (Å²) in [6.07, 6.45) is 0.505. The van der Waals surface area contributed by atoms with Gasteiger partial charge in [-0.05, 0) is 18.6 Å². The number of carbonyl (C=O) groups is 1. The van der Waals surface area contributed by atoms with Crippen molar-refractivity contribution in [1.82, 2.24) is 15.3 Å². The number of hydrogen-bond acceptors (Lipinski definition) is 5. The monoisotopic (exact) mass is 385 g/mol. The van der Waals surface area contributed by atoms with Crippen LogP contribution in [0.15, 0.2) is 51.4 Å². The van der Waals surface area contributed by atoms with Crippen molar-refractivity contribution in [3.05, 3.63) is 56.9 Å². The second kappa shape index (κ2) is 6.89. The molecule has 3 rings (SSSR count). The summed E-state index contributed by atoms with van der Waals surface area (Å²) in [6, 6.07) is 9.46. The molecule has 0 aliphatic carbocycles. The summed E-state index contributed by atoms with van der Waals surface area (Å²) in [5.41, 5.74) is 1.73. The predicted octanol–water partition coefficient (Wildman–Crippen LogP) is 3.43. The van der Waals surface area contributed by atoms with Gasteiger partial charge >= 0.3 is 6.09 Å². The Kier molecular flexibility index (Phi) is 4.99. The van der Waals surface area contributed by atoms with E-state index in [9.17, 15) is 13.9 Å². The molecule has 1 aromatic rings. The molecule has 136 valence electrons. The maximum Gasteiger partial charge on any atom is 0.404 e. The number of amides is 1. The fourth-order valence-electron chi connectivity index (χ4n) is 3.17. The van der Waals surface area contributed by atoms with Gasteiger partial charge in [-0.2, -0.15) is 0 Å². The SMILES string of the molecule is CC1C2=C(C=C(Cl)S2(O)O)N(Cc2ccccc2)N1CCNC(=O)O. The minimum Gasteiger partial charge on any atom is -0.465 e. The second-order valence-electron chi connectivity index (χ2n) is 5.86. The smallest absolute Gasteiger partial charge is 0.404 e. The third-order valence-electron chi connectivity index (χ3n) is 4.29. The molecule has 0 bridgehead atoms. The van der Waals surface area contributed by atoms with Gasteiger partial charge in [0.15, 0.2) is 0 Å². The van der Waals surface area contributed by atoms with E-state index in [4.69, 9.17) is 16.7 Å². The quantitative estimate of drug-likeness (QED) is 0.620. The Hall–Kier alpha value is -1.71. The van der Waals surface area contributed by atoms with Crippen molar-refractivity contribution in [1.29, 1.82) is 0 Å². The van der Waals surface area contributed by atoms with Crippen molar-refractivity contribution in [2.24, 2.45) is 0 Å². The standard InChI is InChI=1S/C16H20ClN3O4S/c1-11-15-13(9-14(17)25(15,23)24)20(10-12-5-3-2-4-6-12)19(11)8-7-18-16(21)22/h2-6,9,11,18,23-24H,7-8,10H2,1H3,(H,21,22). The highest BCUT2D eigenvalue weighted by molar-refractivity contribution is 8.32. The highest BCUT2D eigenvalue weighted by atomic mass is 35.5. The first-order chi connectivity index (χ1) is 11.8. The molecule has 0 saturated carbocycles. The Labute approximate surface area is 152 Å². The number of allylic oxidation sites excluding steroid dienone is 1. The van der Waals surface area contributed by atoms with Gasteiger partial charge < -0.3 is 10.4 Å². The molecular formula is C16H20ClN3O4S. The van der Waals surface area contributed by atoms with Crippen LogP contribution in [-0.4, -0.2) is 49.5 Å². The van der Waals surface area contributed by atoms with Gasteiger partial charge in [-0.25, -0.2) is 9.80 Å². The van der Waals surface area contributed by atoms with Crippen molar-refractivity contribution < 1.29 is 19.0 Å². The van der Waals surface area contributed by atoms with Gasteiger partial charge in [0.05, 0.1) is 23.2 Å². The molecular weight excluding hydrogens is 366 g/mol. The van der Waals surface area contributed by atoms with Gasteiger partial charge in [0.1, 0.15) is 4.36 Å². The van der Waals surface area contributed by atoms with Crippen LogP contribution in [0.1, 0.15) is 12.5 Å². The van der Waals surface area contributed by atoms with E-state index < -0.39 is 16.7 Å². The average Bonchev–Trinajstić information content (AvgIpc) is 2.94. The summed E-state index contributed by atoms with van der Waals surface area (Å²) in [7, 11) is -3.17. The second-order valence-corrected chi connectivity index (χ2v) is 8.47. The number of halogens is 1. The molecule has 0 aromatic heterocycles. The third-order valence-corrected chi connectivity index (χ3v) is 6.87. The molecule has 2 aliphatic heterocycles. The number of benzene rings is 1. The lowest BCUT2D eigenvalue weighted by atomic mass is 10.2. The molecule has 25 heavy (non-hydrogen) atoms. The van der Waals surface area contributed by atoms with Crippen LogP contribution in [0.3, 0.4) is 0 Å². The molecule has 0 radical (unpaired) electrons. The molecule has 1 unspecified atom stereocenters. The summed E-state index contributed by atoms with van der Waals surface area (Å²) in [6.45, 7) is 3.00. The van der Waals surface area contributed by atoms with Gasteiger partial charge in [0.25, 0.3) is 0 Å². The maximum atomic E-state index is 10.7. The lowest BCUT2D eigenvalue weighted by molar-refractivity contribution is 0.00758. The Balaban J connectivity index is 1.88. The summed E-state index contributed by atoms with van der Waals surface area (Å²) < 4.78 is 20.9. The van der Waals surface area contributed by atoms with E-state index in [1.165, 1.54) is 0 Å². The molecule has 9 heteroatoms. The van der Waals surface area contributed by atoms with E-state index in [1.807, 2.05) is 47.3 Å². The zero-order chi connectivity index (χ0) is 18.2. The van der Waals surface area contributed by atoms with Crippen LogP contribution in [0.4, 0.5) is 4.79 Å². The first kappa shape index (κ1) is 18.1. The number of rotatable bonds is 5. The maximum absolute atomic E-state index is 10.7. The van der Waals surface area contributed by atoms with Crippen LogP contribution >= 0.6 is 22.2 Å². The topological polar surface area (TPSA) is 96.3 Å². The number of hydrogen-bond donors (Lipinski definition) is 4. The van der Waals surface area contributed by atoms with E-state index >= 15 is 0 Å². The molecule has 0 fully saturated rings. The normalized spacial score (nSPS) is 23.4. The van der Waals surface area contributed by atoms with E-state index in [-0.39, 0.29) is 17.0 Å². The highest BCUT2D eigenvalue weighted by Crippen LogP contribution is 2.66. The highest BCUT2D eigenvalue weighted by Gasteiger charge is 2.46. The number of nitrogens with one attached hydrogen (secondary N) is 1. The Morgan fingerprint density at radius 1 is 1.32 bits per heavy atom. The van der Waals surface area contributed by atoms with Crippen molar-refractivity contribution in [2.45, 2.75) is 19.5 Å². The number of nitrogens with zero attached hydrogens (tertiary/aromatic N) is 2. The Morgan fingerprint density at radius 3 is 2.64 bits per heavy atom. The molecule has 1 atom stereocenters. The minimum atomic E-state index is -3.17. The zero-order valence-corrected chi connectivity index (χ0v) is 15.2. The summed E-state index contributed by atoms with van der Waals surface area (Å²) in [5.74, 6) is 0. The van der Waals surface area contributed by atoms with Gasteiger partial charge in [-0.3, -0.25) is 14.1 Å². The Bertz CT molecular complexity index is 738. The molecule has 0 saturated heterocycles. The largest absolute Gasteiger partial charge is 0.465 e. The van der Waals surface area contributed by atoms with Crippen LogP contribution in [0.2, 0.25) is 0 Å². The van der Waals surface area contributed by atoms with Crippen LogP contribution in [-0.2, 0) is 6.54 Å².